The molecule has 0 bridgehead atoms. The van der Waals surface area contributed by atoms with Crippen LogP contribution in [-0.2, 0) is 17.8 Å². The normalized spacial score (nSPS) is 19.1. The molecule has 1 aliphatic carbocycles. The van der Waals surface area contributed by atoms with Crippen LogP contribution in [0.15, 0.2) is 36.5 Å². The van der Waals surface area contributed by atoms with Crippen molar-refractivity contribution in [3.63, 3.8) is 0 Å². The quantitative estimate of drug-likeness (QED) is 0.931. The largest absolute Gasteiger partial charge is 0.349 e. The number of fused-ring (bicyclic) bond motifs is 1. The third-order valence-corrected chi connectivity index (χ3v) is 4.78. The van der Waals surface area contributed by atoms with Gasteiger partial charge in [0.2, 0.25) is 5.91 Å². The van der Waals surface area contributed by atoms with Crippen molar-refractivity contribution in [3.8, 4) is 0 Å². The molecular weight excluding hydrogens is 298 g/mol. The number of nitrogens with zero attached hydrogens (tertiary/aromatic N) is 2. The zero-order chi connectivity index (χ0) is 17.3. The average molecular weight is 325 g/mol. The summed E-state index contributed by atoms with van der Waals surface area (Å²) in [6, 6.07) is 10.5. The number of benzene rings is 1. The lowest BCUT2D eigenvalue weighted by Crippen LogP contribution is -2.38. The highest BCUT2D eigenvalue weighted by molar-refractivity contribution is 5.78. The Balaban J connectivity index is 1.89. The van der Waals surface area contributed by atoms with E-state index < -0.39 is 0 Å². The van der Waals surface area contributed by atoms with Crippen LogP contribution >= 0.6 is 0 Å². The maximum atomic E-state index is 12.2. The Labute approximate surface area is 144 Å². The number of rotatable bonds is 4. The third-order valence-electron chi connectivity index (χ3n) is 4.78. The molecule has 1 atom stereocenters. The van der Waals surface area contributed by atoms with Crippen molar-refractivity contribution in [2.24, 2.45) is 11.3 Å². The van der Waals surface area contributed by atoms with Crippen LogP contribution < -0.4 is 5.32 Å². The molecule has 4 nitrogen and oxygen atoms in total. The third kappa shape index (κ3) is 3.53. The zero-order valence-electron chi connectivity index (χ0n) is 15.0. The number of amides is 1. The van der Waals surface area contributed by atoms with E-state index in [0.717, 1.165) is 19.4 Å². The smallest absolute Gasteiger partial charge is 0.223 e. The molecule has 0 radical (unpaired) electrons. The molecule has 1 N–H and O–H groups in total. The lowest BCUT2D eigenvalue weighted by atomic mass is 9.74. The van der Waals surface area contributed by atoms with Crippen molar-refractivity contribution in [2.75, 3.05) is 0 Å². The topological polar surface area (TPSA) is 46.9 Å². The molecule has 0 spiro atoms. The van der Waals surface area contributed by atoms with Gasteiger partial charge in [0.05, 0.1) is 18.8 Å². The summed E-state index contributed by atoms with van der Waals surface area (Å²) in [5.74, 6) is 0.109. The van der Waals surface area contributed by atoms with Gasteiger partial charge in [-0.2, -0.15) is 5.10 Å². The highest BCUT2D eigenvalue weighted by Gasteiger charge is 2.35. The lowest BCUT2D eigenvalue weighted by Gasteiger charge is -2.36. The maximum Gasteiger partial charge on any atom is 0.223 e. The number of hydrogen-bond donors (Lipinski definition) is 1. The van der Waals surface area contributed by atoms with Gasteiger partial charge in [-0.3, -0.25) is 9.48 Å². The SMILES string of the molecule is CC(C)C(=O)N[C@@H]1CC(C)(C)Cc2c1cnn2Cc1ccccc1. The first-order valence-corrected chi connectivity index (χ1v) is 8.74. The summed E-state index contributed by atoms with van der Waals surface area (Å²) in [7, 11) is 0. The number of aromatic nitrogens is 2. The summed E-state index contributed by atoms with van der Waals surface area (Å²) < 4.78 is 2.10. The Morgan fingerprint density at radius 1 is 1.33 bits per heavy atom. The van der Waals surface area contributed by atoms with Crippen LogP contribution in [0.1, 0.15) is 57.0 Å². The van der Waals surface area contributed by atoms with Crippen LogP contribution in [0, 0.1) is 11.3 Å². The standard InChI is InChI=1S/C20H27N3O/c1-14(2)19(24)22-17-10-20(3,4)11-18-16(17)12-21-23(18)13-15-8-6-5-7-9-15/h5-9,12,14,17H,10-11,13H2,1-4H3,(H,22,24)/t17-/m1/s1. The van der Waals surface area contributed by atoms with E-state index in [9.17, 15) is 4.79 Å². The minimum atomic E-state index is -0.00199. The molecule has 0 saturated heterocycles. The fourth-order valence-corrected chi connectivity index (χ4v) is 3.46. The van der Waals surface area contributed by atoms with E-state index in [2.05, 4.69) is 53.2 Å². The Kier molecular flexibility index (Phi) is 4.48. The van der Waals surface area contributed by atoms with Gasteiger partial charge in [0.1, 0.15) is 0 Å². The molecule has 0 unspecified atom stereocenters. The second-order valence-electron chi connectivity index (χ2n) is 7.95. The summed E-state index contributed by atoms with van der Waals surface area (Å²) in [5, 5.41) is 7.84. The second kappa shape index (κ2) is 6.42. The van der Waals surface area contributed by atoms with Gasteiger partial charge < -0.3 is 5.32 Å². The van der Waals surface area contributed by atoms with Crippen molar-refractivity contribution in [3.05, 3.63) is 53.3 Å². The lowest BCUT2D eigenvalue weighted by molar-refractivity contribution is -0.125. The van der Waals surface area contributed by atoms with Crippen LogP contribution in [0.3, 0.4) is 0 Å². The minimum absolute atomic E-state index is 0.00199. The maximum absolute atomic E-state index is 12.2. The van der Waals surface area contributed by atoms with Gasteiger partial charge in [-0.1, -0.05) is 58.0 Å². The van der Waals surface area contributed by atoms with Gasteiger partial charge in [-0.15, -0.1) is 0 Å². The zero-order valence-corrected chi connectivity index (χ0v) is 15.0. The molecule has 0 fully saturated rings. The Morgan fingerprint density at radius 2 is 2.04 bits per heavy atom. The van der Waals surface area contributed by atoms with Gasteiger partial charge in [-0.25, -0.2) is 0 Å². The molecule has 1 heterocycles. The molecule has 1 aromatic heterocycles. The van der Waals surface area contributed by atoms with Crippen LogP contribution in [0.25, 0.3) is 0 Å². The molecular formula is C20H27N3O. The molecule has 4 heteroatoms. The van der Waals surface area contributed by atoms with Crippen molar-refractivity contribution in [1.29, 1.82) is 0 Å². The number of carbonyl (C=O) groups excluding carboxylic acids is 1. The fourth-order valence-electron chi connectivity index (χ4n) is 3.46. The van der Waals surface area contributed by atoms with Crippen molar-refractivity contribution in [1.82, 2.24) is 15.1 Å². The highest BCUT2D eigenvalue weighted by Crippen LogP contribution is 2.40. The van der Waals surface area contributed by atoms with Crippen LogP contribution in [0.4, 0.5) is 0 Å². The van der Waals surface area contributed by atoms with E-state index in [4.69, 9.17) is 0 Å². The van der Waals surface area contributed by atoms with Gasteiger partial charge >= 0.3 is 0 Å². The Morgan fingerprint density at radius 3 is 2.71 bits per heavy atom. The van der Waals surface area contributed by atoms with E-state index in [-0.39, 0.29) is 23.3 Å². The Hall–Kier alpha value is -2.10. The molecule has 1 aromatic carbocycles. The van der Waals surface area contributed by atoms with E-state index in [0.29, 0.717) is 0 Å². The van der Waals surface area contributed by atoms with E-state index in [1.54, 1.807) is 0 Å². The summed E-state index contributed by atoms with van der Waals surface area (Å²) in [6.07, 6.45) is 3.89. The molecule has 1 aliphatic rings. The fraction of sp³-hybridized carbons (Fsp3) is 0.500. The molecule has 24 heavy (non-hydrogen) atoms. The van der Waals surface area contributed by atoms with Crippen LogP contribution in [0.5, 0.6) is 0 Å². The minimum Gasteiger partial charge on any atom is -0.349 e. The van der Waals surface area contributed by atoms with Crippen molar-refractivity contribution >= 4 is 5.91 Å². The first-order valence-electron chi connectivity index (χ1n) is 8.74. The molecule has 128 valence electrons. The predicted molar refractivity (Wildman–Crippen MR) is 95.6 cm³/mol. The van der Waals surface area contributed by atoms with Crippen molar-refractivity contribution < 1.29 is 4.79 Å². The predicted octanol–water partition coefficient (Wildman–Crippen LogP) is 3.72. The van der Waals surface area contributed by atoms with Crippen LogP contribution in [-0.4, -0.2) is 15.7 Å². The Bertz CT molecular complexity index is 716. The number of nitrogens with one attached hydrogen (secondary N) is 1. The monoisotopic (exact) mass is 325 g/mol. The average Bonchev–Trinajstić information content (AvgIpc) is 2.90. The summed E-state index contributed by atoms with van der Waals surface area (Å²) in [5.41, 5.74) is 3.83. The van der Waals surface area contributed by atoms with Gasteiger partial charge in [0.15, 0.2) is 0 Å². The van der Waals surface area contributed by atoms with Gasteiger partial charge in [0.25, 0.3) is 0 Å². The highest BCUT2D eigenvalue weighted by atomic mass is 16.1. The van der Waals surface area contributed by atoms with Gasteiger partial charge in [0, 0.05) is 17.2 Å². The van der Waals surface area contributed by atoms with Crippen LogP contribution in [0.2, 0.25) is 0 Å². The first-order chi connectivity index (χ1) is 11.4. The molecule has 0 saturated carbocycles. The number of hydrogen-bond acceptors (Lipinski definition) is 2. The number of carbonyl (C=O) groups is 1. The molecule has 3 rings (SSSR count). The molecule has 1 amide bonds. The van der Waals surface area contributed by atoms with E-state index in [1.165, 1.54) is 16.8 Å². The van der Waals surface area contributed by atoms with E-state index >= 15 is 0 Å². The first kappa shape index (κ1) is 16.7. The molecule has 2 aromatic rings. The summed E-state index contributed by atoms with van der Waals surface area (Å²) >= 11 is 0. The second-order valence-corrected chi connectivity index (χ2v) is 7.95. The van der Waals surface area contributed by atoms with Gasteiger partial charge in [-0.05, 0) is 23.8 Å². The molecule has 0 aliphatic heterocycles. The summed E-state index contributed by atoms with van der Waals surface area (Å²) in [6.45, 7) is 9.18. The van der Waals surface area contributed by atoms with Crippen molar-refractivity contribution in [2.45, 2.75) is 53.1 Å². The van der Waals surface area contributed by atoms with E-state index in [1.807, 2.05) is 26.1 Å². The summed E-state index contributed by atoms with van der Waals surface area (Å²) in [4.78, 5) is 12.2.